The Bertz CT molecular complexity index is 560. The van der Waals surface area contributed by atoms with Crippen molar-refractivity contribution in [3.05, 3.63) is 35.4 Å². The molecule has 1 N–H and O–H groups in total. The van der Waals surface area contributed by atoms with Gasteiger partial charge in [0.1, 0.15) is 11.6 Å². The number of carbonyl (C=O) groups is 1. The average molecular weight is 311 g/mol. The van der Waals surface area contributed by atoms with E-state index in [1.54, 1.807) is 0 Å². The largest absolute Gasteiger partial charge is 0.391 e. The number of hydrogen-bond donors (Lipinski definition) is 1. The highest BCUT2D eigenvalue weighted by Crippen LogP contribution is 2.35. The van der Waals surface area contributed by atoms with Gasteiger partial charge in [-0.1, -0.05) is 0 Å². The molecule has 6 heteroatoms. The second-order valence-electron chi connectivity index (χ2n) is 5.96. The molecule has 1 aromatic carbocycles. The number of aliphatic hydroxyl groups excluding tert-OH is 1. The van der Waals surface area contributed by atoms with Crippen LogP contribution in [0, 0.1) is 11.6 Å². The molecular weight excluding hydrogens is 292 g/mol. The third-order valence-corrected chi connectivity index (χ3v) is 4.34. The fourth-order valence-electron chi connectivity index (χ4n) is 3.27. The highest BCUT2D eigenvalue weighted by atomic mass is 19.1. The highest BCUT2D eigenvalue weighted by molar-refractivity contribution is 5.77. The van der Waals surface area contributed by atoms with E-state index < -0.39 is 23.8 Å². The van der Waals surface area contributed by atoms with E-state index in [0.29, 0.717) is 6.61 Å². The van der Waals surface area contributed by atoms with Crippen LogP contribution in [0.1, 0.15) is 37.3 Å². The topological polar surface area (TPSA) is 49.8 Å². The molecule has 0 spiro atoms. The normalized spacial score (nSPS) is 28.3. The van der Waals surface area contributed by atoms with Gasteiger partial charge >= 0.3 is 0 Å². The maximum atomic E-state index is 14.0. The summed E-state index contributed by atoms with van der Waals surface area (Å²) < 4.78 is 32.8. The Balaban J connectivity index is 1.79. The molecule has 0 radical (unpaired) electrons. The SMILES string of the molecule is O=C(CC1CCCO1)N1CC(O)CC1c1cc(F)ccc1F. The third-order valence-electron chi connectivity index (χ3n) is 4.34. The second kappa shape index (κ2) is 6.30. The number of amides is 1. The molecule has 0 saturated carbocycles. The van der Waals surface area contributed by atoms with E-state index in [4.69, 9.17) is 4.74 Å². The molecule has 1 aromatic rings. The van der Waals surface area contributed by atoms with E-state index in [-0.39, 0.29) is 37.0 Å². The van der Waals surface area contributed by atoms with Crippen LogP contribution in [0.15, 0.2) is 18.2 Å². The summed E-state index contributed by atoms with van der Waals surface area (Å²) in [5.41, 5.74) is 0.122. The minimum atomic E-state index is -0.721. The van der Waals surface area contributed by atoms with E-state index in [9.17, 15) is 18.7 Å². The van der Waals surface area contributed by atoms with Gasteiger partial charge in [0.25, 0.3) is 0 Å². The lowest BCUT2D eigenvalue weighted by Gasteiger charge is -2.26. The molecule has 1 amide bonds. The maximum Gasteiger partial charge on any atom is 0.225 e. The summed E-state index contributed by atoms with van der Waals surface area (Å²) >= 11 is 0. The molecule has 2 saturated heterocycles. The smallest absolute Gasteiger partial charge is 0.225 e. The number of rotatable bonds is 3. The molecule has 2 aliphatic rings. The van der Waals surface area contributed by atoms with E-state index in [0.717, 1.165) is 31.0 Å². The summed E-state index contributed by atoms with van der Waals surface area (Å²) in [6.07, 6.45) is 1.38. The van der Waals surface area contributed by atoms with Crippen molar-refractivity contribution in [2.24, 2.45) is 0 Å². The molecule has 3 atom stereocenters. The number of nitrogens with zero attached hydrogens (tertiary/aromatic N) is 1. The number of hydrogen-bond acceptors (Lipinski definition) is 3. The van der Waals surface area contributed by atoms with Gasteiger partial charge < -0.3 is 14.7 Å². The summed E-state index contributed by atoms with van der Waals surface area (Å²) in [5, 5.41) is 9.86. The third kappa shape index (κ3) is 3.13. The summed E-state index contributed by atoms with van der Waals surface area (Å²) in [6.45, 7) is 0.800. The van der Waals surface area contributed by atoms with Crippen molar-refractivity contribution in [3.8, 4) is 0 Å². The van der Waals surface area contributed by atoms with Gasteiger partial charge in [0.2, 0.25) is 5.91 Å². The zero-order valence-electron chi connectivity index (χ0n) is 12.2. The predicted octanol–water partition coefficient (Wildman–Crippen LogP) is 2.17. The van der Waals surface area contributed by atoms with E-state index in [1.807, 2.05) is 0 Å². The van der Waals surface area contributed by atoms with Crippen molar-refractivity contribution in [3.63, 3.8) is 0 Å². The Morgan fingerprint density at radius 2 is 2.23 bits per heavy atom. The first-order valence-electron chi connectivity index (χ1n) is 7.58. The van der Waals surface area contributed by atoms with Crippen LogP contribution in [0.2, 0.25) is 0 Å². The first-order valence-corrected chi connectivity index (χ1v) is 7.58. The molecule has 2 aliphatic heterocycles. The van der Waals surface area contributed by atoms with Gasteiger partial charge in [0, 0.05) is 18.7 Å². The van der Waals surface area contributed by atoms with Crippen LogP contribution < -0.4 is 0 Å². The van der Waals surface area contributed by atoms with Gasteiger partial charge in [0.15, 0.2) is 0 Å². The number of ether oxygens (including phenoxy) is 1. The molecule has 2 fully saturated rings. The molecule has 2 heterocycles. The zero-order chi connectivity index (χ0) is 15.7. The van der Waals surface area contributed by atoms with Crippen LogP contribution in [0.4, 0.5) is 8.78 Å². The predicted molar refractivity (Wildman–Crippen MR) is 75.0 cm³/mol. The number of aliphatic hydroxyl groups is 1. The van der Waals surface area contributed by atoms with Crippen molar-refractivity contribution < 1.29 is 23.4 Å². The number of likely N-dealkylation sites (tertiary alicyclic amines) is 1. The molecule has 22 heavy (non-hydrogen) atoms. The number of halogens is 2. The van der Waals surface area contributed by atoms with E-state index in [1.165, 1.54) is 4.90 Å². The Morgan fingerprint density at radius 1 is 1.41 bits per heavy atom. The van der Waals surface area contributed by atoms with E-state index >= 15 is 0 Å². The number of carbonyl (C=O) groups excluding carboxylic acids is 1. The molecule has 0 aromatic heterocycles. The van der Waals surface area contributed by atoms with Gasteiger partial charge in [-0.3, -0.25) is 4.79 Å². The Morgan fingerprint density at radius 3 is 2.95 bits per heavy atom. The summed E-state index contributed by atoms with van der Waals surface area (Å²) in [5.74, 6) is -1.29. The molecule has 4 nitrogen and oxygen atoms in total. The quantitative estimate of drug-likeness (QED) is 0.931. The van der Waals surface area contributed by atoms with Crippen LogP contribution in [0.3, 0.4) is 0 Å². The standard InChI is InChI=1S/C16H19F2NO3/c17-10-3-4-14(18)13(6-10)15-7-11(20)9-19(15)16(21)8-12-2-1-5-22-12/h3-4,6,11-12,15,20H,1-2,5,7-9H2. The maximum absolute atomic E-state index is 14.0. The van der Waals surface area contributed by atoms with E-state index in [2.05, 4.69) is 0 Å². The van der Waals surface area contributed by atoms with Crippen LogP contribution in [-0.2, 0) is 9.53 Å². The minimum Gasteiger partial charge on any atom is -0.391 e. The lowest BCUT2D eigenvalue weighted by atomic mass is 10.0. The second-order valence-corrected chi connectivity index (χ2v) is 5.96. The first-order chi connectivity index (χ1) is 10.5. The Labute approximate surface area is 127 Å². The monoisotopic (exact) mass is 311 g/mol. The first kappa shape index (κ1) is 15.4. The van der Waals surface area contributed by atoms with Crippen molar-refractivity contribution in [1.29, 1.82) is 0 Å². The van der Waals surface area contributed by atoms with Crippen molar-refractivity contribution >= 4 is 5.91 Å². The summed E-state index contributed by atoms with van der Waals surface area (Å²) in [6, 6.07) is 2.57. The fourth-order valence-corrected chi connectivity index (χ4v) is 3.27. The fraction of sp³-hybridized carbons (Fsp3) is 0.562. The summed E-state index contributed by atoms with van der Waals surface area (Å²) in [7, 11) is 0. The molecular formula is C16H19F2NO3. The minimum absolute atomic E-state index is 0.108. The summed E-state index contributed by atoms with van der Waals surface area (Å²) in [4.78, 5) is 13.9. The lowest BCUT2D eigenvalue weighted by Crippen LogP contribution is -2.34. The van der Waals surface area contributed by atoms with Gasteiger partial charge in [-0.05, 0) is 37.5 Å². The van der Waals surface area contributed by atoms with Gasteiger partial charge in [0.05, 0.1) is 24.7 Å². The number of β-amino-alcohol motifs (C(OH)–C–C–N with tert-alkyl or cyclic N) is 1. The Hall–Kier alpha value is -1.53. The molecule has 3 rings (SSSR count). The average Bonchev–Trinajstić information content (AvgIpc) is 3.11. The lowest BCUT2D eigenvalue weighted by molar-refractivity contribution is -0.134. The van der Waals surface area contributed by atoms with Crippen LogP contribution in [0.5, 0.6) is 0 Å². The Kier molecular flexibility index (Phi) is 4.40. The molecule has 0 aliphatic carbocycles. The van der Waals surface area contributed by atoms with Crippen LogP contribution in [0.25, 0.3) is 0 Å². The van der Waals surface area contributed by atoms with Gasteiger partial charge in [-0.15, -0.1) is 0 Å². The van der Waals surface area contributed by atoms with Crippen molar-refractivity contribution in [2.45, 2.75) is 43.9 Å². The van der Waals surface area contributed by atoms with Gasteiger partial charge in [-0.2, -0.15) is 0 Å². The highest BCUT2D eigenvalue weighted by Gasteiger charge is 2.37. The zero-order valence-corrected chi connectivity index (χ0v) is 12.2. The number of benzene rings is 1. The molecule has 3 unspecified atom stereocenters. The van der Waals surface area contributed by atoms with Crippen LogP contribution in [-0.4, -0.2) is 41.3 Å². The van der Waals surface area contributed by atoms with Crippen molar-refractivity contribution in [2.75, 3.05) is 13.2 Å². The van der Waals surface area contributed by atoms with Crippen LogP contribution >= 0.6 is 0 Å². The van der Waals surface area contributed by atoms with Gasteiger partial charge in [-0.25, -0.2) is 8.78 Å². The van der Waals surface area contributed by atoms with Crippen molar-refractivity contribution in [1.82, 2.24) is 4.90 Å². The molecule has 0 bridgehead atoms. The molecule has 120 valence electrons.